The summed E-state index contributed by atoms with van der Waals surface area (Å²) in [6.45, 7) is 4.79. The molecule has 4 saturated carbocycles. The molecule has 1 heterocycles. The molecule has 2 unspecified atom stereocenters. The first-order chi connectivity index (χ1) is 10.0. The van der Waals surface area contributed by atoms with Crippen molar-refractivity contribution in [2.45, 2.75) is 64.5 Å². The zero-order valence-electron chi connectivity index (χ0n) is 13.1. The first-order valence-electron chi connectivity index (χ1n) is 8.55. The van der Waals surface area contributed by atoms with Gasteiger partial charge < -0.3 is 5.32 Å². The van der Waals surface area contributed by atoms with Crippen LogP contribution in [0.1, 0.15) is 63.3 Å². The Morgan fingerprint density at radius 2 is 1.67 bits per heavy atom. The van der Waals surface area contributed by atoms with Crippen LogP contribution in [0.5, 0.6) is 0 Å². The van der Waals surface area contributed by atoms with Gasteiger partial charge in [0.05, 0.1) is 3.79 Å². The van der Waals surface area contributed by atoms with E-state index in [-0.39, 0.29) is 0 Å². The lowest BCUT2D eigenvalue weighted by atomic mass is 9.48. The monoisotopic (exact) mass is 367 g/mol. The molecule has 1 aromatic rings. The van der Waals surface area contributed by atoms with E-state index in [1.165, 1.54) is 27.9 Å². The molecule has 3 heteroatoms. The number of halogens is 1. The van der Waals surface area contributed by atoms with Crippen LogP contribution >= 0.6 is 27.3 Å². The molecule has 0 aromatic carbocycles. The molecule has 0 spiro atoms. The summed E-state index contributed by atoms with van der Waals surface area (Å²) in [5.74, 6) is 3.14. The van der Waals surface area contributed by atoms with Crippen molar-refractivity contribution in [3.8, 4) is 0 Å². The standard InChI is InChI=1S/C18H26BrNS/c1-11(16-3-4-17(19)21-16)20-12(2)18-8-13-5-14(9-18)7-15(6-13)10-18/h3-4,11-15,20H,5-10H2,1-2H3. The maximum absolute atomic E-state index is 3.96. The zero-order valence-corrected chi connectivity index (χ0v) is 15.5. The molecule has 1 nitrogen and oxygen atoms in total. The van der Waals surface area contributed by atoms with Crippen molar-refractivity contribution in [2.75, 3.05) is 0 Å². The van der Waals surface area contributed by atoms with Gasteiger partial charge in [0.15, 0.2) is 0 Å². The fourth-order valence-corrected chi connectivity index (χ4v) is 7.34. The highest BCUT2D eigenvalue weighted by molar-refractivity contribution is 9.11. The fourth-order valence-electron chi connectivity index (χ4n) is 5.90. The maximum Gasteiger partial charge on any atom is 0.0701 e. The molecule has 4 aliphatic rings. The third-order valence-corrected chi connectivity index (χ3v) is 8.33. The second kappa shape index (κ2) is 5.35. The maximum atomic E-state index is 3.96. The molecule has 0 saturated heterocycles. The van der Waals surface area contributed by atoms with Crippen molar-refractivity contribution in [2.24, 2.45) is 23.2 Å². The molecule has 1 N–H and O–H groups in total. The van der Waals surface area contributed by atoms with Crippen LogP contribution in [0.3, 0.4) is 0 Å². The number of hydrogen-bond acceptors (Lipinski definition) is 2. The van der Waals surface area contributed by atoms with Crippen LogP contribution in [0, 0.1) is 23.2 Å². The van der Waals surface area contributed by atoms with Crippen LogP contribution in [0.2, 0.25) is 0 Å². The Bertz CT molecular complexity index is 488. The molecule has 1 aromatic heterocycles. The van der Waals surface area contributed by atoms with E-state index < -0.39 is 0 Å². The molecule has 0 aliphatic heterocycles. The summed E-state index contributed by atoms with van der Waals surface area (Å²) in [6.07, 6.45) is 9.11. The molecule has 4 fully saturated rings. The molecule has 5 rings (SSSR count). The summed E-state index contributed by atoms with van der Waals surface area (Å²) in [4.78, 5) is 1.46. The minimum absolute atomic E-state index is 0.476. The van der Waals surface area contributed by atoms with Crippen molar-refractivity contribution in [1.82, 2.24) is 5.32 Å². The molecular weight excluding hydrogens is 342 g/mol. The zero-order chi connectivity index (χ0) is 14.6. The van der Waals surface area contributed by atoms with Crippen LogP contribution in [0.15, 0.2) is 15.9 Å². The fraction of sp³-hybridized carbons (Fsp3) is 0.778. The van der Waals surface area contributed by atoms with Crippen molar-refractivity contribution in [1.29, 1.82) is 0 Å². The van der Waals surface area contributed by atoms with Crippen molar-refractivity contribution in [3.05, 3.63) is 20.8 Å². The normalized spacial score (nSPS) is 40.4. The molecular formula is C18H26BrNS. The van der Waals surface area contributed by atoms with Gasteiger partial charge in [-0.2, -0.15) is 0 Å². The predicted molar refractivity (Wildman–Crippen MR) is 93.6 cm³/mol. The van der Waals surface area contributed by atoms with E-state index in [0.29, 0.717) is 17.5 Å². The largest absolute Gasteiger partial charge is 0.306 e. The first-order valence-corrected chi connectivity index (χ1v) is 10.2. The summed E-state index contributed by atoms with van der Waals surface area (Å²) in [7, 11) is 0. The Kier molecular flexibility index (Phi) is 3.75. The van der Waals surface area contributed by atoms with Crippen molar-refractivity contribution < 1.29 is 0 Å². The molecule has 0 amide bonds. The van der Waals surface area contributed by atoms with Crippen LogP contribution in [0.4, 0.5) is 0 Å². The predicted octanol–water partition coefficient (Wildman–Crippen LogP) is 5.77. The van der Waals surface area contributed by atoms with E-state index in [2.05, 4.69) is 47.2 Å². The second-order valence-electron chi connectivity index (χ2n) is 8.03. The Labute approximate surface area is 141 Å². The van der Waals surface area contributed by atoms with Gasteiger partial charge in [0.1, 0.15) is 0 Å². The number of thiophene rings is 1. The first kappa shape index (κ1) is 14.7. The van der Waals surface area contributed by atoms with Gasteiger partial charge in [0.2, 0.25) is 0 Å². The van der Waals surface area contributed by atoms with E-state index in [0.717, 1.165) is 17.8 Å². The topological polar surface area (TPSA) is 12.0 Å². The molecule has 4 bridgehead atoms. The van der Waals surface area contributed by atoms with E-state index >= 15 is 0 Å². The van der Waals surface area contributed by atoms with Gasteiger partial charge >= 0.3 is 0 Å². The minimum Gasteiger partial charge on any atom is -0.306 e. The van der Waals surface area contributed by atoms with Gasteiger partial charge in [-0.15, -0.1) is 11.3 Å². The van der Waals surface area contributed by atoms with Gasteiger partial charge in [0, 0.05) is 17.0 Å². The summed E-state index contributed by atoms with van der Waals surface area (Å²) in [6, 6.07) is 5.57. The smallest absolute Gasteiger partial charge is 0.0701 e. The average Bonchev–Trinajstić information content (AvgIpc) is 2.84. The van der Waals surface area contributed by atoms with Gasteiger partial charge in [0.25, 0.3) is 0 Å². The van der Waals surface area contributed by atoms with Crippen LogP contribution in [-0.4, -0.2) is 6.04 Å². The lowest BCUT2D eigenvalue weighted by Crippen LogP contribution is -2.55. The van der Waals surface area contributed by atoms with Gasteiger partial charge in [-0.25, -0.2) is 0 Å². The van der Waals surface area contributed by atoms with E-state index in [1.54, 1.807) is 19.3 Å². The van der Waals surface area contributed by atoms with Crippen molar-refractivity contribution in [3.63, 3.8) is 0 Å². The lowest BCUT2D eigenvalue weighted by Gasteiger charge is -2.59. The minimum atomic E-state index is 0.476. The molecule has 21 heavy (non-hydrogen) atoms. The number of rotatable bonds is 4. The molecule has 0 radical (unpaired) electrons. The average molecular weight is 368 g/mol. The SMILES string of the molecule is CC(NC(C)C12CC3CC(CC(C3)C1)C2)c1ccc(Br)s1. The van der Waals surface area contributed by atoms with E-state index in [1.807, 2.05) is 11.3 Å². The quantitative estimate of drug-likeness (QED) is 0.712. The summed E-state index contributed by atoms with van der Waals surface area (Å²) in [5.41, 5.74) is 0.609. The van der Waals surface area contributed by atoms with Crippen LogP contribution in [-0.2, 0) is 0 Å². The highest BCUT2D eigenvalue weighted by atomic mass is 79.9. The Morgan fingerprint density at radius 3 is 2.14 bits per heavy atom. The third kappa shape index (κ3) is 2.64. The van der Waals surface area contributed by atoms with Gasteiger partial charge in [-0.1, -0.05) is 0 Å². The summed E-state index contributed by atoms with van der Waals surface area (Å²) in [5, 5.41) is 3.96. The molecule has 2 atom stereocenters. The van der Waals surface area contributed by atoms with Gasteiger partial charge in [-0.05, 0) is 104 Å². The Balaban J connectivity index is 1.48. The van der Waals surface area contributed by atoms with Crippen LogP contribution in [0.25, 0.3) is 0 Å². The highest BCUT2D eigenvalue weighted by Gasteiger charge is 2.53. The molecule has 4 aliphatic carbocycles. The summed E-state index contributed by atoms with van der Waals surface area (Å²) >= 11 is 5.46. The summed E-state index contributed by atoms with van der Waals surface area (Å²) < 4.78 is 1.24. The van der Waals surface area contributed by atoms with E-state index in [4.69, 9.17) is 0 Å². The lowest BCUT2D eigenvalue weighted by molar-refractivity contribution is -0.0718. The Morgan fingerprint density at radius 1 is 1.10 bits per heavy atom. The van der Waals surface area contributed by atoms with E-state index in [9.17, 15) is 0 Å². The number of nitrogens with one attached hydrogen (secondary N) is 1. The van der Waals surface area contributed by atoms with Crippen molar-refractivity contribution >= 4 is 27.3 Å². The highest BCUT2D eigenvalue weighted by Crippen LogP contribution is 2.61. The van der Waals surface area contributed by atoms with Gasteiger partial charge in [-0.3, -0.25) is 0 Å². The Hall–Kier alpha value is 0.140. The molecule has 116 valence electrons. The number of hydrogen-bond donors (Lipinski definition) is 1. The third-order valence-electron chi connectivity index (χ3n) is 6.52. The van der Waals surface area contributed by atoms with Crippen LogP contribution < -0.4 is 5.32 Å². The second-order valence-corrected chi connectivity index (χ2v) is 10.5.